The second-order valence-electron chi connectivity index (χ2n) is 4.04. The number of carbonyl (C=O) groups is 1. The van der Waals surface area contributed by atoms with Crippen molar-refractivity contribution in [2.75, 3.05) is 6.61 Å². The van der Waals surface area contributed by atoms with Crippen LogP contribution < -0.4 is 0 Å². The normalized spacial score (nSPS) is 16.2. The van der Waals surface area contributed by atoms with Crippen molar-refractivity contribution in [3.8, 4) is 0 Å². The van der Waals surface area contributed by atoms with Crippen LogP contribution in [0, 0.1) is 0 Å². The first-order chi connectivity index (χ1) is 7.94. The number of halogens is 5. The quantitative estimate of drug-likeness (QED) is 0.600. The molecule has 0 spiro atoms. The summed E-state index contributed by atoms with van der Waals surface area (Å²) in [5.41, 5.74) is -2.87. The number of ether oxygens (including phenoxy) is 1. The van der Waals surface area contributed by atoms with E-state index in [0.29, 0.717) is 6.92 Å². The van der Waals surface area contributed by atoms with Gasteiger partial charge in [-0.15, -0.1) is 0 Å². The minimum absolute atomic E-state index is 0.312. The summed E-state index contributed by atoms with van der Waals surface area (Å²) in [6, 6.07) is 0. The van der Waals surface area contributed by atoms with E-state index in [1.54, 1.807) is 0 Å². The highest BCUT2D eigenvalue weighted by molar-refractivity contribution is 5.79. The van der Waals surface area contributed by atoms with Crippen molar-refractivity contribution in [3.05, 3.63) is 0 Å². The van der Waals surface area contributed by atoms with E-state index in [-0.39, 0.29) is 6.61 Å². The van der Waals surface area contributed by atoms with E-state index in [1.165, 1.54) is 6.92 Å². The molecule has 3 nitrogen and oxygen atoms in total. The van der Waals surface area contributed by atoms with Crippen LogP contribution >= 0.6 is 0 Å². The second kappa shape index (κ2) is 5.81. The molecule has 0 aromatic heterocycles. The van der Waals surface area contributed by atoms with Gasteiger partial charge in [-0.3, -0.25) is 0 Å². The molecule has 0 aliphatic carbocycles. The summed E-state index contributed by atoms with van der Waals surface area (Å²) >= 11 is 0. The predicted octanol–water partition coefficient (Wildman–Crippen LogP) is 2.67. The molecule has 0 heterocycles. The molecule has 0 aromatic rings. The maximum atomic E-state index is 13.4. The molecule has 0 aliphatic rings. The Kier molecular flexibility index (Phi) is 5.52. The molecule has 1 N–H and O–H groups in total. The molecule has 1 atom stereocenters. The summed E-state index contributed by atoms with van der Waals surface area (Å²) in [5, 5.41) is 9.42. The number of aliphatic hydroxyl groups is 1. The van der Waals surface area contributed by atoms with Crippen LogP contribution in [0.25, 0.3) is 0 Å². The lowest BCUT2D eigenvalue weighted by Crippen LogP contribution is -2.52. The highest BCUT2D eigenvalue weighted by Crippen LogP contribution is 2.35. The molecule has 0 saturated carbocycles. The van der Waals surface area contributed by atoms with Gasteiger partial charge < -0.3 is 9.84 Å². The molecule has 0 amide bonds. The molecule has 8 heteroatoms. The van der Waals surface area contributed by atoms with E-state index in [1.807, 2.05) is 0 Å². The summed E-state index contributed by atoms with van der Waals surface area (Å²) in [5.74, 6) is -6.18. The Hall–Kier alpha value is -0.920. The van der Waals surface area contributed by atoms with E-state index in [2.05, 4.69) is 4.74 Å². The van der Waals surface area contributed by atoms with Crippen molar-refractivity contribution >= 4 is 5.97 Å². The van der Waals surface area contributed by atoms with Crippen LogP contribution in [0.15, 0.2) is 0 Å². The molecule has 0 aromatic carbocycles. The Bertz CT molecular complexity index is 286. The Morgan fingerprint density at radius 2 is 1.67 bits per heavy atom. The second-order valence-corrected chi connectivity index (χ2v) is 4.04. The van der Waals surface area contributed by atoms with Gasteiger partial charge in [-0.25, -0.2) is 4.79 Å². The highest BCUT2D eigenvalue weighted by Gasteiger charge is 2.56. The molecule has 1 unspecified atom stereocenters. The number of alkyl halides is 5. The third-order valence-electron chi connectivity index (χ3n) is 2.33. The Morgan fingerprint density at radius 3 is 2.06 bits per heavy atom. The molecule has 0 radical (unpaired) electrons. The number of rotatable bonds is 6. The molecule has 0 rings (SSSR count). The monoisotopic (exact) mass is 278 g/mol. The van der Waals surface area contributed by atoms with Crippen LogP contribution in [-0.2, 0) is 9.53 Å². The molecule has 18 heavy (non-hydrogen) atoms. The van der Waals surface area contributed by atoms with Crippen molar-refractivity contribution in [1.29, 1.82) is 0 Å². The fourth-order valence-electron chi connectivity index (χ4n) is 1.23. The van der Waals surface area contributed by atoms with Crippen molar-refractivity contribution in [2.45, 2.75) is 50.8 Å². The number of hydrogen-bond acceptors (Lipinski definition) is 3. The third-order valence-corrected chi connectivity index (χ3v) is 2.33. The van der Waals surface area contributed by atoms with E-state index in [0.717, 1.165) is 0 Å². The van der Waals surface area contributed by atoms with Crippen LogP contribution in [0.1, 0.15) is 33.1 Å². The molecule has 0 fully saturated rings. The zero-order chi connectivity index (χ0) is 14.6. The summed E-state index contributed by atoms with van der Waals surface area (Å²) in [6.07, 6.45) is -7.36. The average molecular weight is 278 g/mol. The first kappa shape index (κ1) is 17.1. The topological polar surface area (TPSA) is 46.5 Å². The fourth-order valence-corrected chi connectivity index (χ4v) is 1.23. The van der Waals surface area contributed by atoms with Gasteiger partial charge in [0, 0.05) is 6.42 Å². The zero-order valence-electron chi connectivity index (χ0n) is 9.98. The smallest absolute Gasteiger partial charge is 0.389 e. The minimum Gasteiger partial charge on any atom is -0.461 e. The third kappa shape index (κ3) is 4.75. The van der Waals surface area contributed by atoms with Gasteiger partial charge in [0.2, 0.25) is 0 Å². The van der Waals surface area contributed by atoms with E-state index in [4.69, 9.17) is 0 Å². The van der Waals surface area contributed by atoms with Gasteiger partial charge in [0.15, 0.2) is 0 Å². The highest BCUT2D eigenvalue weighted by atomic mass is 19.4. The molecule has 0 aliphatic heterocycles. The van der Waals surface area contributed by atoms with Crippen molar-refractivity contribution in [2.24, 2.45) is 0 Å². The maximum Gasteiger partial charge on any atom is 0.389 e. The molecular formula is C10H15F5O3. The lowest BCUT2D eigenvalue weighted by Gasteiger charge is -2.30. The van der Waals surface area contributed by atoms with Gasteiger partial charge in [-0.2, -0.15) is 22.0 Å². The average Bonchev–Trinajstić information content (AvgIpc) is 2.15. The van der Waals surface area contributed by atoms with Crippen molar-refractivity contribution in [3.63, 3.8) is 0 Å². The number of esters is 1. The summed E-state index contributed by atoms with van der Waals surface area (Å²) in [7, 11) is 0. The summed E-state index contributed by atoms with van der Waals surface area (Å²) in [6.45, 7) is 1.60. The first-order valence-corrected chi connectivity index (χ1v) is 5.28. The molecule has 108 valence electrons. The Balaban J connectivity index is 4.55. The minimum atomic E-state index is -4.49. The van der Waals surface area contributed by atoms with Gasteiger partial charge in [0.25, 0.3) is 0 Å². The van der Waals surface area contributed by atoms with Gasteiger partial charge >= 0.3 is 18.1 Å². The van der Waals surface area contributed by atoms with Gasteiger partial charge in [0.05, 0.1) is 6.61 Å². The Labute approximate surface area is 101 Å². The van der Waals surface area contributed by atoms with Crippen LogP contribution in [0.3, 0.4) is 0 Å². The molecular weight excluding hydrogens is 263 g/mol. The first-order valence-electron chi connectivity index (χ1n) is 5.28. The lowest BCUT2D eigenvalue weighted by atomic mass is 9.91. The van der Waals surface area contributed by atoms with Crippen LogP contribution in [0.5, 0.6) is 0 Å². The molecule has 0 bridgehead atoms. The maximum absolute atomic E-state index is 13.4. The van der Waals surface area contributed by atoms with Crippen LogP contribution in [0.4, 0.5) is 22.0 Å². The van der Waals surface area contributed by atoms with Crippen molar-refractivity contribution < 1.29 is 36.6 Å². The van der Waals surface area contributed by atoms with Gasteiger partial charge in [-0.1, -0.05) is 0 Å². The predicted molar refractivity (Wildman–Crippen MR) is 52.1 cm³/mol. The molecule has 0 saturated heterocycles. The lowest BCUT2D eigenvalue weighted by molar-refractivity contribution is -0.212. The van der Waals surface area contributed by atoms with Crippen LogP contribution in [-0.4, -0.2) is 35.4 Å². The summed E-state index contributed by atoms with van der Waals surface area (Å²) in [4.78, 5) is 10.9. The van der Waals surface area contributed by atoms with Gasteiger partial charge in [0.1, 0.15) is 5.60 Å². The Morgan fingerprint density at radius 1 is 1.17 bits per heavy atom. The SMILES string of the molecule is CCOC(=O)C(F)(F)C(C)(O)CCCC(F)(F)F. The van der Waals surface area contributed by atoms with E-state index >= 15 is 0 Å². The number of carbonyl (C=O) groups excluding carboxylic acids is 1. The summed E-state index contributed by atoms with van der Waals surface area (Å²) < 4.78 is 66.4. The van der Waals surface area contributed by atoms with Crippen molar-refractivity contribution in [1.82, 2.24) is 0 Å². The van der Waals surface area contributed by atoms with E-state index in [9.17, 15) is 31.9 Å². The van der Waals surface area contributed by atoms with E-state index < -0.39 is 42.9 Å². The van der Waals surface area contributed by atoms with Gasteiger partial charge in [-0.05, 0) is 26.7 Å². The van der Waals surface area contributed by atoms with Crippen LogP contribution in [0.2, 0.25) is 0 Å². The largest absolute Gasteiger partial charge is 0.461 e. The zero-order valence-corrected chi connectivity index (χ0v) is 9.98. The standard InChI is InChI=1S/C10H15F5O3/c1-3-18-7(16)10(14,15)8(2,17)5-4-6-9(11,12)13/h17H,3-6H2,1-2H3. The number of hydrogen-bond donors (Lipinski definition) is 1. The fraction of sp³-hybridized carbons (Fsp3) is 0.900.